The Kier molecular flexibility index (Phi) is 6.99. The van der Waals surface area contributed by atoms with Crippen LogP contribution >= 0.6 is 11.3 Å². The van der Waals surface area contributed by atoms with E-state index in [1.54, 1.807) is 0 Å². The van der Waals surface area contributed by atoms with Gasteiger partial charge in [-0.2, -0.15) is 0 Å². The molecule has 3 heterocycles. The summed E-state index contributed by atoms with van der Waals surface area (Å²) >= 11 is 1.85. The molecule has 1 N–H and O–H groups in total. The van der Waals surface area contributed by atoms with Crippen molar-refractivity contribution in [3.63, 3.8) is 0 Å². The second-order valence-corrected chi connectivity index (χ2v) is 14.9. The normalized spacial score (nSPS) is 11.9. The van der Waals surface area contributed by atoms with Crippen molar-refractivity contribution in [1.29, 1.82) is 0 Å². The predicted molar refractivity (Wildman–Crippen MR) is 229 cm³/mol. The third kappa shape index (κ3) is 4.66. The van der Waals surface area contributed by atoms with Gasteiger partial charge in [0.05, 0.1) is 34.4 Å². The number of aromatic nitrogens is 2. The van der Waals surface area contributed by atoms with Crippen LogP contribution in [0.2, 0.25) is 0 Å². The average molecular weight is 712 g/mol. The number of fused-ring (bicyclic) bond motifs is 9. The minimum atomic E-state index is 0.000585. The summed E-state index contributed by atoms with van der Waals surface area (Å²) in [5.41, 5.74) is 11.0. The quantitative estimate of drug-likeness (QED) is 0.186. The Morgan fingerprint density at radius 1 is 0.426 bits per heavy atom. The molecule has 5 heteroatoms. The highest BCUT2D eigenvalue weighted by molar-refractivity contribution is 7.25. The molecule has 11 aromatic rings. The van der Waals surface area contributed by atoms with E-state index in [1.807, 2.05) is 23.5 Å². The number of benzene rings is 8. The van der Waals surface area contributed by atoms with Crippen LogP contribution in [0, 0.1) is 0 Å². The van der Waals surface area contributed by atoms with Gasteiger partial charge in [0.2, 0.25) is 0 Å². The summed E-state index contributed by atoms with van der Waals surface area (Å²) in [6, 6.07) is 65.4. The summed E-state index contributed by atoms with van der Waals surface area (Å²) in [5, 5.41) is 17.4. The van der Waals surface area contributed by atoms with Gasteiger partial charge in [0, 0.05) is 64.5 Å². The van der Waals surface area contributed by atoms with Crippen LogP contribution in [0.25, 0.3) is 75.2 Å². The second-order valence-electron chi connectivity index (χ2n) is 13.8. The van der Waals surface area contributed by atoms with E-state index in [1.165, 1.54) is 52.8 Å². The molecule has 4 nitrogen and oxygen atoms in total. The van der Waals surface area contributed by atoms with Crippen molar-refractivity contribution >= 4 is 92.2 Å². The number of anilines is 3. The summed E-state index contributed by atoms with van der Waals surface area (Å²) in [4.78, 5) is 2.35. The first kappa shape index (κ1) is 30.9. The lowest BCUT2D eigenvalue weighted by Crippen LogP contribution is -2.11. The molecule has 0 unspecified atom stereocenters. The van der Waals surface area contributed by atoms with Crippen LogP contribution in [0.3, 0.4) is 0 Å². The zero-order valence-corrected chi connectivity index (χ0v) is 30.0. The first-order valence-corrected chi connectivity index (χ1v) is 19.1. The fraction of sp³-hybridized carbons (Fsp3) is 0.0204. The highest BCUT2D eigenvalue weighted by Gasteiger charge is 2.22. The minimum absolute atomic E-state index is 0.000585. The Bertz CT molecular complexity index is 3150. The lowest BCUT2D eigenvalue weighted by molar-refractivity contribution is 0.282. The van der Waals surface area contributed by atoms with E-state index in [0.29, 0.717) is 0 Å². The molecule has 11 rings (SSSR count). The van der Waals surface area contributed by atoms with E-state index >= 15 is 0 Å². The van der Waals surface area contributed by atoms with E-state index in [9.17, 15) is 5.11 Å². The molecule has 0 aliphatic heterocycles. The summed E-state index contributed by atoms with van der Waals surface area (Å²) in [6.45, 7) is 0.000585. The van der Waals surface area contributed by atoms with E-state index in [4.69, 9.17) is 0 Å². The monoisotopic (exact) mass is 711 g/mol. The fourth-order valence-corrected chi connectivity index (χ4v) is 9.53. The maximum atomic E-state index is 9.94. The van der Waals surface area contributed by atoms with Gasteiger partial charge in [-0.1, -0.05) is 91.0 Å². The second kappa shape index (κ2) is 12.2. The molecule has 0 fully saturated rings. The summed E-state index contributed by atoms with van der Waals surface area (Å²) in [6.07, 6.45) is 0. The molecule has 54 heavy (non-hydrogen) atoms. The van der Waals surface area contributed by atoms with Crippen LogP contribution < -0.4 is 4.90 Å². The summed E-state index contributed by atoms with van der Waals surface area (Å²) in [7, 11) is 0. The first-order chi connectivity index (χ1) is 26.7. The zero-order valence-electron chi connectivity index (χ0n) is 29.2. The van der Waals surface area contributed by atoms with Gasteiger partial charge in [-0.05, 0) is 96.6 Å². The van der Waals surface area contributed by atoms with Crippen molar-refractivity contribution in [3.05, 3.63) is 188 Å². The van der Waals surface area contributed by atoms with Crippen molar-refractivity contribution in [3.8, 4) is 11.4 Å². The molecular formula is C49H33N3OS. The zero-order chi connectivity index (χ0) is 35.8. The van der Waals surface area contributed by atoms with Crippen LogP contribution in [0.1, 0.15) is 5.56 Å². The van der Waals surface area contributed by atoms with Gasteiger partial charge in [0.15, 0.2) is 0 Å². The maximum absolute atomic E-state index is 9.94. The lowest BCUT2D eigenvalue weighted by atomic mass is 10.1. The lowest BCUT2D eigenvalue weighted by Gasteiger charge is -2.27. The van der Waals surface area contributed by atoms with Crippen molar-refractivity contribution in [2.24, 2.45) is 0 Å². The smallest absolute Gasteiger partial charge is 0.0681 e. The van der Waals surface area contributed by atoms with Crippen molar-refractivity contribution in [1.82, 2.24) is 9.13 Å². The molecule has 0 aliphatic carbocycles. The molecule has 0 saturated heterocycles. The van der Waals surface area contributed by atoms with Gasteiger partial charge in [0.25, 0.3) is 0 Å². The van der Waals surface area contributed by atoms with Crippen LogP contribution in [0.5, 0.6) is 0 Å². The molecule has 256 valence electrons. The number of hydrogen-bond acceptors (Lipinski definition) is 3. The average Bonchev–Trinajstić information content (AvgIpc) is 3.89. The minimum Gasteiger partial charge on any atom is -0.392 e. The summed E-state index contributed by atoms with van der Waals surface area (Å²) in [5.74, 6) is 0. The number of rotatable bonds is 6. The molecule has 0 bridgehead atoms. The summed E-state index contributed by atoms with van der Waals surface area (Å²) < 4.78 is 7.37. The molecule has 0 atom stereocenters. The predicted octanol–water partition coefficient (Wildman–Crippen LogP) is 13.2. The van der Waals surface area contributed by atoms with Crippen molar-refractivity contribution in [2.75, 3.05) is 4.90 Å². The van der Waals surface area contributed by atoms with Gasteiger partial charge in [0.1, 0.15) is 0 Å². The number of thiophene rings is 1. The van der Waals surface area contributed by atoms with Crippen LogP contribution in [-0.4, -0.2) is 14.2 Å². The highest BCUT2D eigenvalue weighted by Crippen LogP contribution is 2.45. The number of aliphatic hydroxyl groups excluding tert-OH is 1. The van der Waals surface area contributed by atoms with Crippen LogP contribution in [0.4, 0.5) is 17.1 Å². The molecule has 0 amide bonds. The molecule has 0 saturated carbocycles. The Balaban J connectivity index is 1.13. The number of aliphatic hydroxyl groups is 1. The fourth-order valence-electron chi connectivity index (χ4n) is 8.45. The Hall–Kier alpha value is -6.66. The van der Waals surface area contributed by atoms with E-state index in [2.05, 4.69) is 184 Å². The van der Waals surface area contributed by atoms with Crippen LogP contribution in [-0.2, 0) is 6.61 Å². The van der Waals surface area contributed by atoms with E-state index in [0.717, 1.165) is 45.0 Å². The molecule has 0 aliphatic rings. The van der Waals surface area contributed by atoms with Gasteiger partial charge < -0.3 is 19.1 Å². The Labute approximate surface area is 315 Å². The van der Waals surface area contributed by atoms with Crippen molar-refractivity contribution in [2.45, 2.75) is 6.61 Å². The van der Waals surface area contributed by atoms with Gasteiger partial charge in [-0.25, -0.2) is 0 Å². The Morgan fingerprint density at radius 2 is 0.944 bits per heavy atom. The molecular weight excluding hydrogens is 679 g/mol. The first-order valence-electron chi connectivity index (χ1n) is 18.3. The number of nitrogens with zero attached hydrogens (tertiary/aromatic N) is 3. The topological polar surface area (TPSA) is 33.3 Å². The maximum Gasteiger partial charge on any atom is 0.0681 e. The molecule has 0 radical (unpaired) electrons. The third-order valence-electron chi connectivity index (χ3n) is 10.9. The van der Waals surface area contributed by atoms with E-state index in [-0.39, 0.29) is 6.61 Å². The molecule has 3 aromatic heterocycles. The molecule has 0 spiro atoms. The van der Waals surface area contributed by atoms with Gasteiger partial charge >= 0.3 is 0 Å². The van der Waals surface area contributed by atoms with Crippen LogP contribution in [0.15, 0.2) is 182 Å². The third-order valence-corrected chi connectivity index (χ3v) is 12.0. The van der Waals surface area contributed by atoms with E-state index < -0.39 is 0 Å². The highest BCUT2D eigenvalue weighted by atomic mass is 32.1. The van der Waals surface area contributed by atoms with Gasteiger partial charge in [-0.3, -0.25) is 0 Å². The number of para-hydroxylation sites is 3. The largest absolute Gasteiger partial charge is 0.392 e. The van der Waals surface area contributed by atoms with Crippen molar-refractivity contribution < 1.29 is 5.11 Å². The standard InChI is InChI=1S/C49H33N3OS/c53-31-32-20-22-33(23-21-32)50(34-24-26-35(27-25-34)51-42-14-5-1-10-37(42)38-11-2-6-15-43(38)51)45-17-9-18-46-49(45)40-13-3-7-16-44(40)52(46)36-28-29-48-41(30-36)39-12-4-8-19-47(39)54-48/h1-30,53H,31H2. The van der Waals surface area contributed by atoms with Gasteiger partial charge in [-0.15, -0.1) is 11.3 Å². The Morgan fingerprint density at radius 3 is 1.63 bits per heavy atom. The number of hydrogen-bond donors (Lipinski definition) is 1. The molecule has 8 aromatic carbocycles. The SMILES string of the molecule is OCc1ccc(N(c2ccc(-n3c4ccccc4c4ccccc43)cc2)c2cccc3c2c2ccccc2n3-c2ccc3sc4ccccc4c3c2)cc1.